The van der Waals surface area contributed by atoms with Gasteiger partial charge in [-0.1, -0.05) is 25.5 Å². The van der Waals surface area contributed by atoms with E-state index in [9.17, 15) is 4.79 Å². The molecule has 23 heavy (non-hydrogen) atoms. The highest BCUT2D eigenvalue weighted by atomic mass is 16.5. The second kappa shape index (κ2) is 8.17. The fraction of sp³-hybridized carbons (Fsp3) is 0.333. The van der Waals surface area contributed by atoms with Gasteiger partial charge in [-0.15, -0.1) is 0 Å². The molecule has 5 heteroatoms. The molecule has 1 amide bonds. The summed E-state index contributed by atoms with van der Waals surface area (Å²) < 4.78 is 5.23. The first kappa shape index (κ1) is 16.8. The van der Waals surface area contributed by atoms with Crippen LogP contribution in [0.15, 0.2) is 42.6 Å². The molecule has 0 fully saturated rings. The Bertz CT molecular complexity index is 641. The van der Waals surface area contributed by atoms with Gasteiger partial charge in [-0.3, -0.25) is 4.79 Å². The number of anilines is 2. The van der Waals surface area contributed by atoms with Gasteiger partial charge in [0, 0.05) is 19.8 Å². The van der Waals surface area contributed by atoms with E-state index in [2.05, 4.69) is 22.1 Å². The molecule has 0 unspecified atom stereocenters. The van der Waals surface area contributed by atoms with E-state index in [0.717, 1.165) is 25.2 Å². The van der Waals surface area contributed by atoms with Crippen molar-refractivity contribution in [2.24, 2.45) is 0 Å². The number of pyridine rings is 1. The minimum absolute atomic E-state index is 0.204. The lowest BCUT2D eigenvalue weighted by Crippen LogP contribution is -2.20. The van der Waals surface area contributed by atoms with Gasteiger partial charge < -0.3 is 15.0 Å². The molecule has 2 rings (SSSR count). The largest absolute Gasteiger partial charge is 0.495 e. The van der Waals surface area contributed by atoms with Crippen molar-refractivity contribution in [1.29, 1.82) is 0 Å². The van der Waals surface area contributed by atoms with Crippen LogP contribution in [0, 0.1) is 0 Å². The van der Waals surface area contributed by atoms with Gasteiger partial charge in [0.25, 0.3) is 5.91 Å². The number of benzene rings is 1. The molecule has 122 valence electrons. The van der Waals surface area contributed by atoms with Crippen molar-refractivity contribution in [3.63, 3.8) is 0 Å². The maximum Gasteiger partial charge on any atom is 0.257 e. The Morgan fingerprint density at radius 1 is 1.26 bits per heavy atom. The highest BCUT2D eigenvalue weighted by Crippen LogP contribution is 2.23. The van der Waals surface area contributed by atoms with Gasteiger partial charge in [0.05, 0.1) is 18.4 Å². The number of ether oxygens (including phenoxy) is 1. The van der Waals surface area contributed by atoms with Crippen molar-refractivity contribution in [3.05, 3.63) is 48.2 Å². The Morgan fingerprint density at radius 3 is 2.70 bits per heavy atom. The van der Waals surface area contributed by atoms with Crippen LogP contribution in [0.4, 0.5) is 11.5 Å². The van der Waals surface area contributed by atoms with Gasteiger partial charge in [0.2, 0.25) is 0 Å². The molecule has 2 aromatic rings. The van der Waals surface area contributed by atoms with Crippen molar-refractivity contribution in [3.8, 4) is 5.75 Å². The number of nitrogens with zero attached hydrogens (tertiary/aromatic N) is 2. The molecule has 1 aromatic carbocycles. The van der Waals surface area contributed by atoms with E-state index < -0.39 is 0 Å². The lowest BCUT2D eigenvalue weighted by Gasteiger charge is -2.17. The highest BCUT2D eigenvalue weighted by Gasteiger charge is 2.10. The first-order valence-corrected chi connectivity index (χ1v) is 7.77. The van der Waals surface area contributed by atoms with E-state index in [4.69, 9.17) is 4.74 Å². The number of nitrogens with one attached hydrogen (secondary N) is 1. The number of carbonyl (C=O) groups excluding carboxylic acids is 1. The second-order valence-corrected chi connectivity index (χ2v) is 5.33. The number of carbonyl (C=O) groups is 1. The number of unbranched alkanes of at least 4 members (excludes halogenated alkanes) is 1. The topological polar surface area (TPSA) is 54.5 Å². The molecule has 0 saturated heterocycles. The highest BCUT2D eigenvalue weighted by molar-refractivity contribution is 6.04. The number of aromatic nitrogens is 1. The predicted octanol–water partition coefficient (Wildman–Crippen LogP) is 3.58. The summed E-state index contributed by atoms with van der Waals surface area (Å²) in [4.78, 5) is 18.8. The van der Waals surface area contributed by atoms with Crippen LogP contribution in [0.5, 0.6) is 5.75 Å². The Labute approximate surface area is 137 Å². The molecular formula is C18H23N3O2. The third-order valence-corrected chi connectivity index (χ3v) is 3.60. The molecule has 0 saturated carbocycles. The van der Waals surface area contributed by atoms with Crippen molar-refractivity contribution in [2.45, 2.75) is 19.8 Å². The number of amides is 1. The maximum absolute atomic E-state index is 12.3. The Morgan fingerprint density at radius 2 is 2.04 bits per heavy atom. The van der Waals surface area contributed by atoms with Crippen LogP contribution in [0.1, 0.15) is 30.1 Å². The van der Waals surface area contributed by atoms with E-state index in [0.29, 0.717) is 17.0 Å². The average Bonchev–Trinajstić information content (AvgIpc) is 2.60. The van der Waals surface area contributed by atoms with Gasteiger partial charge in [0.15, 0.2) is 0 Å². The Kier molecular flexibility index (Phi) is 5.97. The number of rotatable bonds is 7. The lowest BCUT2D eigenvalue weighted by molar-refractivity contribution is 0.102. The van der Waals surface area contributed by atoms with E-state index >= 15 is 0 Å². The molecule has 0 aliphatic rings. The minimum Gasteiger partial charge on any atom is -0.495 e. The molecule has 0 spiro atoms. The second-order valence-electron chi connectivity index (χ2n) is 5.33. The third-order valence-electron chi connectivity index (χ3n) is 3.60. The van der Waals surface area contributed by atoms with Crippen LogP contribution in [0.2, 0.25) is 0 Å². The average molecular weight is 313 g/mol. The van der Waals surface area contributed by atoms with Crippen LogP contribution < -0.4 is 15.0 Å². The normalized spacial score (nSPS) is 10.2. The summed E-state index contributed by atoms with van der Waals surface area (Å²) >= 11 is 0. The van der Waals surface area contributed by atoms with Gasteiger partial charge in [-0.05, 0) is 30.7 Å². The summed E-state index contributed by atoms with van der Waals surface area (Å²) in [6.07, 6.45) is 3.86. The molecule has 0 radical (unpaired) electrons. The quantitative estimate of drug-likeness (QED) is 0.849. The fourth-order valence-electron chi connectivity index (χ4n) is 2.20. The molecule has 1 aromatic heterocycles. The van der Waals surface area contributed by atoms with Gasteiger partial charge in [-0.2, -0.15) is 0 Å². The summed E-state index contributed by atoms with van der Waals surface area (Å²) in [6.45, 7) is 3.11. The van der Waals surface area contributed by atoms with Crippen molar-refractivity contribution in [2.75, 3.05) is 30.9 Å². The molecule has 0 atom stereocenters. The molecule has 5 nitrogen and oxygen atoms in total. The van der Waals surface area contributed by atoms with Gasteiger partial charge in [-0.25, -0.2) is 4.98 Å². The van der Waals surface area contributed by atoms with Crippen LogP contribution in [0.25, 0.3) is 0 Å². The number of hydrogen-bond donors (Lipinski definition) is 1. The fourth-order valence-corrected chi connectivity index (χ4v) is 2.20. The molecule has 1 N–H and O–H groups in total. The Balaban J connectivity index is 2.05. The summed E-state index contributed by atoms with van der Waals surface area (Å²) in [5, 5.41) is 2.84. The maximum atomic E-state index is 12.3. The summed E-state index contributed by atoms with van der Waals surface area (Å²) in [5.41, 5.74) is 1.16. The third kappa shape index (κ3) is 4.45. The summed E-state index contributed by atoms with van der Waals surface area (Å²) in [7, 11) is 3.58. The van der Waals surface area contributed by atoms with Crippen molar-refractivity contribution < 1.29 is 9.53 Å². The van der Waals surface area contributed by atoms with Gasteiger partial charge >= 0.3 is 0 Å². The number of para-hydroxylation sites is 2. The molecule has 1 heterocycles. The lowest BCUT2D eigenvalue weighted by atomic mass is 10.2. The van der Waals surface area contributed by atoms with Crippen LogP contribution >= 0.6 is 0 Å². The van der Waals surface area contributed by atoms with E-state index in [-0.39, 0.29) is 5.91 Å². The number of hydrogen-bond acceptors (Lipinski definition) is 4. The summed E-state index contributed by atoms with van der Waals surface area (Å²) in [6, 6.07) is 11.0. The standard InChI is InChI=1S/C18H23N3O2/c1-4-5-12-21(2)17-11-10-14(13-19-17)18(22)20-15-8-6-7-9-16(15)23-3/h6-11,13H,4-5,12H2,1-3H3,(H,20,22). The zero-order valence-corrected chi connectivity index (χ0v) is 13.9. The first-order valence-electron chi connectivity index (χ1n) is 7.77. The van der Waals surface area contributed by atoms with Crippen molar-refractivity contribution in [1.82, 2.24) is 4.98 Å². The smallest absolute Gasteiger partial charge is 0.257 e. The summed E-state index contributed by atoms with van der Waals surface area (Å²) in [5.74, 6) is 1.29. The predicted molar refractivity (Wildman–Crippen MR) is 93.4 cm³/mol. The molecule has 0 aliphatic heterocycles. The van der Waals surface area contributed by atoms with Crippen molar-refractivity contribution >= 4 is 17.4 Å². The molecular weight excluding hydrogens is 290 g/mol. The van der Waals surface area contributed by atoms with E-state index in [1.807, 2.05) is 25.2 Å². The Hall–Kier alpha value is -2.56. The zero-order valence-electron chi connectivity index (χ0n) is 13.9. The first-order chi connectivity index (χ1) is 11.2. The van der Waals surface area contributed by atoms with Crippen LogP contribution in [0.3, 0.4) is 0 Å². The number of methoxy groups -OCH3 is 1. The van der Waals surface area contributed by atoms with Crippen LogP contribution in [-0.2, 0) is 0 Å². The molecule has 0 aliphatic carbocycles. The van der Waals surface area contributed by atoms with E-state index in [1.165, 1.54) is 0 Å². The van der Waals surface area contributed by atoms with E-state index in [1.54, 1.807) is 31.5 Å². The molecule has 0 bridgehead atoms. The SMILES string of the molecule is CCCCN(C)c1ccc(C(=O)Nc2ccccc2OC)cn1. The minimum atomic E-state index is -0.204. The van der Waals surface area contributed by atoms with Gasteiger partial charge in [0.1, 0.15) is 11.6 Å². The van der Waals surface area contributed by atoms with Crippen LogP contribution in [-0.4, -0.2) is 31.6 Å². The zero-order chi connectivity index (χ0) is 16.7. The monoisotopic (exact) mass is 313 g/mol.